The van der Waals surface area contributed by atoms with E-state index in [1.807, 2.05) is 25.1 Å². The summed E-state index contributed by atoms with van der Waals surface area (Å²) < 4.78 is 29.6. The molecule has 2 N–H and O–H groups in total. The van der Waals surface area contributed by atoms with E-state index in [9.17, 15) is 24.1 Å². The molecule has 11 heteroatoms. The molecule has 10 nitrogen and oxygen atoms in total. The number of nitrogens with zero attached hydrogens (tertiary/aromatic N) is 1. The molecule has 1 aliphatic heterocycles. The summed E-state index contributed by atoms with van der Waals surface area (Å²) in [5.74, 6) is -2.71. The fraction of sp³-hybridized carbons (Fsp3) is 0.591. The molecule has 0 saturated carbocycles. The highest BCUT2D eigenvalue weighted by Crippen LogP contribution is 2.54. The lowest BCUT2D eigenvalue weighted by molar-refractivity contribution is -0.151. The van der Waals surface area contributed by atoms with Crippen molar-refractivity contribution in [2.24, 2.45) is 0 Å². The van der Waals surface area contributed by atoms with E-state index in [-0.39, 0.29) is 19.6 Å². The Labute approximate surface area is 194 Å². The highest BCUT2D eigenvalue weighted by atomic mass is 31.2. The molecule has 1 aliphatic rings. The largest absolute Gasteiger partial charge is 0.480 e. The number of amides is 2. The van der Waals surface area contributed by atoms with Gasteiger partial charge in [0.1, 0.15) is 24.5 Å². The molecular weight excluding hydrogens is 451 g/mol. The average molecular weight is 484 g/mol. The van der Waals surface area contributed by atoms with Crippen LogP contribution in [0.25, 0.3) is 0 Å². The number of carboxylic acid groups (broad SMARTS) is 1. The van der Waals surface area contributed by atoms with Gasteiger partial charge in [0.25, 0.3) is 5.91 Å². The second-order valence-electron chi connectivity index (χ2n) is 7.86. The summed E-state index contributed by atoms with van der Waals surface area (Å²) in [6.07, 6.45) is 0.575. The molecule has 2 rings (SSSR count). The van der Waals surface area contributed by atoms with Crippen LogP contribution in [-0.4, -0.2) is 59.6 Å². The van der Waals surface area contributed by atoms with Crippen molar-refractivity contribution in [1.82, 2.24) is 10.2 Å². The number of hydrogen-bond donors (Lipinski definition) is 2. The number of benzene rings is 1. The fourth-order valence-corrected chi connectivity index (χ4v) is 5.42. The lowest BCUT2D eigenvalue weighted by Gasteiger charge is -2.30. The maximum Gasteiger partial charge on any atom is 0.408 e. The third kappa shape index (κ3) is 7.55. The standard InChI is InChI=1S/C22H33N2O8P/c1-4-5-13-19(23-22(28)31-15-17-10-7-6-8-11-17)33(29,30-3)32-16(2)20(25)24-14-9-12-18(24)21(26)27/h6-8,10-11,16,18-19H,4-5,9,12-15H2,1-3H3,(H,23,28)(H,26,27)/t16-,18-,19?,33?/m0/s1. The zero-order valence-electron chi connectivity index (χ0n) is 19.3. The van der Waals surface area contributed by atoms with Crippen LogP contribution in [0.15, 0.2) is 30.3 Å². The van der Waals surface area contributed by atoms with E-state index in [4.69, 9.17) is 13.8 Å². The Bertz CT molecular complexity index is 850. The Balaban J connectivity index is 2.07. The van der Waals surface area contributed by atoms with Crippen molar-refractivity contribution < 1.29 is 37.8 Å². The number of carboxylic acids is 1. The molecule has 1 saturated heterocycles. The molecule has 33 heavy (non-hydrogen) atoms. The molecule has 0 bridgehead atoms. The van der Waals surface area contributed by atoms with Crippen molar-refractivity contribution in [2.45, 2.75) is 70.5 Å². The molecule has 1 heterocycles. The molecule has 0 spiro atoms. The van der Waals surface area contributed by atoms with Gasteiger partial charge in [0.15, 0.2) is 0 Å². The van der Waals surface area contributed by atoms with Crippen molar-refractivity contribution in [3.05, 3.63) is 35.9 Å². The van der Waals surface area contributed by atoms with E-state index < -0.39 is 43.5 Å². The van der Waals surface area contributed by atoms with Crippen LogP contribution >= 0.6 is 7.60 Å². The summed E-state index contributed by atoms with van der Waals surface area (Å²) in [4.78, 5) is 37.8. The van der Waals surface area contributed by atoms with Crippen LogP contribution in [0.1, 0.15) is 51.5 Å². The van der Waals surface area contributed by atoms with Gasteiger partial charge in [-0.1, -0.05) is 50.1 Å². The average Bonchev–Trinajstić information content (AvgIpc) is 3.30. The lowest BCUT2D eigenvalue weighted by atomic mass is 10.2. The minimum atomic E-state index is -3.99. The first-order chi connectivity index (χ1) is 15.7. The first kappa shape index (κ1) is 26.8. The van der Waals surface area contributed by atoms with E-state index in [0.717, 1.165) is 12.0 Å². The van der Waals surface area contributed by atoms with Gasteiger partial charge in [0.2, 0.25) is 0 Å². The Hall–Kier alpha value is -2.42. The van der Waals surface area contributed by atoms with Gasteiger partial charge < -0.3 is 24.6 Å². The number of rotatable bonds is 12. The first-order valence-electron chi connectivity index (χ1n) is 11.1. The second-order valence-corrected chi connectivity index (χ2v) is 10.1. The van der Waals surface area contributed by atoms with Crippen molar-refractivity contribution in [2.75, 3.05) is 13.7 Å². The molecule has 4 atom stereocenters. The maximum atomic E-state index is 13.5. The highest BCUT2D eigenvalue weighted by molar-refractivity contribution is 7.54. The van der Waals surface area contributed by atoms with E-state index in [0.29, 0.717) is 19.3 Å². The predicted octanol–water partition coefficient (Wildman–Crippen LogP) is 3.75. The van der Waals surface area contributed by atoms with E-state index >= 15 is 0 Å². The minimum Gasteiger partial charge on any atom is -0.480 e. The molecule has 2 amide bonds. The van der Waals surface area contributed by atoms with Crippen molar-refractivity contribution >= 4 is 25.6 Å². The van der Waals surface area contributed by atoms with Crippen LogP contribution in [0, 0.1) is 0 Å². The highest BCUT2D eigenvalue weighted by Gasteiger charge is 2.42. The SMILES string of the molecule is CCCCC(NC(=O)OCc1ccccc1)P(=O)(OC)O[C@@H](C)C(=O)N1CCC[C@H]1C(=O)O. The summed E-state index contributed by atoms with van der Waals surface area (Å²) in [6.45, 7) is 3.65. The molecule has 1 fully saturated rings. The quantitative estimate of drug-likeness (QED) is 0.429. The number of aliphatic carboxylic acids is 1. The number of carbonyl (C=O) groups is 3. The Morgan fingerprint density at radius 1 is 1.27 bits per heavy atom. The number of nitrogens with one attached hydrogen (secondary N) is 1. The van der Waals surface area contributed by atoms with Crippen molar-refractivity contribution in [1.29, 1.82) is 0 Å². The number of likely N-dealkylation sites (tertiary alicyclic amines) is 1. The van der Waals surface area contributed by atoms with Gasteiger partial charge in [-0.05, 0) is 31.7 Å². The third-order valence-electron chi connectivity index (χ3n) is 5.44. The van der Waals surface area contributed by atoms with Crippen LogP contribution < -0.4 is 5.32 Å². The smallest absolute Gasteiger partial charge is 0.408 e. The second kappa shape index (κ2) is 12.7. The van der Waals surface area contributed by atoms with Crippen molar-refractivity contribution in [3.8, 4) is 0 Å². The first-order valence-corrected chi connectivity index (χ1v) is 12.7. The molecule has 184 valence electrons. The maximum absolute atomic E-state index is 13.5. The molecule has 0 aromatic heterocycles. The van der Waals surface area contributed by atoms with Gasteiger partial charge in [-0.25, -0.2) is 9.59 Å². The topological polar surface area (TPSA) is 131 Å². The molecular formula is C22H33N2O8P. The van der Waals surface area contributed by atoms with Crippen LogP contribution in [-0.2, 0) is 34.5 Å². The number of unbranched alkanes of at least 4 members (excludes halogenated alkanes) is 1. The van der Waals surface area contributed by atoms with Gasteiger partial charge >= 0.3 is 19.7 Å². The number of hydrogen-bond acceptors (Lipinski definition) is 7. The van der Waals surface area contributed by atoms with Gasteiger partial charge in [-0.2, -0.15) is 0 Å². The lowest BCUT2D eigenvalue weighted by Crippen LogP contribution is -2.46. The van der Waals surface area contributed by atoms with Crippen LogP contribution in [0.2, 0.25) is 0 Å². The van der Waals surface area contributed by atoms with Gasteiger partial charge in [0.05, 0.1) is 0 Å². The summed E-state index contributed by atoms with van der Waals surface area (Å²) in [6, 6.07) is 8.16. The summed E-state index contributed by atoms with van der Waals surface area (Å²) in [5.41, 5.74) is 0.793. The van der Waals surface area contributed by atoms with E-state index in [1.54, 1.807) is 12.1 Å². The van der Waals surface area contributed by atoms with Crippen LogP contribution in [0.4, 0.5) is 4.79 Å². The van der Waals surface area contributed by atoms with Crippen LogP contribution in [0.5, 0.6) is 0 Å². The molecule has 2 unspecified atom stereocenters. The van der Waals surface area contributed by atoms with E-state index in [1.165, 1.54) is 18.9 Å². The Kier molecular flexibility index (Phi) is 10.3. The molecule has 1 aromatic rings. The van der Waals surface area contributed by atoms with E-state index in [2.05, 4.69) is 5.32 Å². The zero-order valence-corrected chi connectivity index (χ0v) is 20.2. The molecule has 1 aromatic carbocycles. The fourth-order valence-electron chi connectivity index (χ4n) is 3.64. The molecule has 0 radical (unpaired) electrons. The normalized spacial score (nSPS) is 19.4. The zero-order chi connectivity index (χ0) is 24.4. The van der Waals surface area contributed by atoms with Gasteiger partial charge in [-0.15, -0.1) is 0 Å². The van der Waals surface area contributed by atoms with Crippen LogP contribution in [0.3, 0.4) is 0 Å². The minimum absolute atomic E-state index is 0.0335. The number of carbonyl (C=O) groups excluding carboxylic acids is 2. The number of ether oxygens (including phenoxy) is 1. The monoisotopic (exact) mass is 484 g/mol. The van der Waals surface area contributed by atoms with Gasteiger partial charge in [-0.3, -0.25) is 13.9 Å². The summed E-state index contributed by atoms with van der Waals surface area (Å²) >= 11 is 0. The Morgan fingerprint density at radius 2 is 1.97 bits per heavy atom. The Morgan fingerprint density at radius 3 is 2.58 bits per heavy atom. The molecule has 0 aliphatic carbocycles. The third-order valence-corrected chi connectivity index (χ3v) is 7.71. The summed E-state index contributed by atoms with van der Waals surface area (Å²) in [5, 5.41) is 11.9. The summed E-state index contributed by atoms with van der Waals surface area (Å²) in [7, 11) is -2.81. The number of alkyl carbamates (subject to hydrolysis) is 1. The van der Waals surface area contributed by atoms with Crippen molar-refractivity contribution in [3.63, 3.8) is 0 Å². The predicted molar refractivity (Wildman–Crippen MR) is 121 cm³/mol. The van der Waals surface area contributed by atoms with Gasteiger partial charge in [0, 0.05) is 13.7 Å².